The number of hydrogen-bond donors (Lipinski definition) is 1. The van der Waals surface area contributed by atoms with Crippen LogP contribution in [-0.2, 0) is 19.2 Å². The highest BCUT2D eigenvalue weighted by molar-refractivity contribution is 9.12. The van der Waals surface area contributed by atoms with Crippen LogP contribution in [0.15, 0.2) is 86.4 Å². The normalized spacial score (nSPS) is 27.4. The van der Waals surface area contributed by atoms with Gasteiger partial charge in [-0.2, -0.15) is 0 Å². The maximum atomic E-state index is 13.8. The molecule has 36 heavy (non-hydrogen) atoms. The molecular formula is C28H19Br2NO5. The van der Waals surface area contributed by atoms with Gasteiger partial charge in [0.2, 0.25) is 11.8 Å². The van der Waals surface area contributed by atoms with Crippen LogP contribution in [0.5, 0.6) is 5.75 Å². The lowest BCUT2D eigenvalue weighted by Gasteiger charge is -2.42. The minimum absolute atomic E-state index is 0.0113. The third kappa shape index (κ3) is 3.34. The second-order valence-corrected chi connectivity index (χ2v) is 11.2. The fourth-order valence-corrected chi connectivity index (χ4v) is 6.85. The fourth-order valence-electron chi connectivity index (χ4n) is 6.14. The maximum Gasteiger partial charge on any atom is 0.238 e. The number of ketones is 2. The van der Waals surface area contributed by atoms with Crippen LogP contribution in [0.25, 0.3) is 0 Å². The third-order valence-corrected chi connectivity index (χ3v) is 8.78. The number of anilines is 1. The number of para-hydroxylation sites is 1. The van der Waals surface area contributed by atoms with Crippen LogP contribution in [0.2, 0.25) is 0 Å². The fraction of sp³-hybridized carbons (Fsp3) is 0.214. The average molecular weight is 609 g/mol. The lowest BCUT2D eigenvalue weighted by Crippen LogP contribution is -2.39. The van der Waals surface area contributed by atoms with Gasteiger partial charge in [0, 0.05) is 33.2 Å². The van der Waals surface area contributed by atoms with E-state index in [-0.39, 0.29) is 40.0 Å². The van der Waals surface area contributed by atoms with E-state index in [1.807, 2.05) is 6.08 Å². The van der Waals surface area contributed by atoms with E-state index < -0.39 is 23.7 Å². The number of benzene rings is 2. The number of Topliss-reactive ketones (excluding diaryl/α,β-unsaturated/α-hetero) is 1. The quantitative estimate of drug-likeness (QED) is 0.290. The Labute approximate surface area is 223 Å². The Morgan fingerprint density at radius 2 is 1.61 bits per heavy atom. The molecule has 0 aromatic heterocycles. The molecule has 0 saturated carbocycles. The molecule has 1 saturated heterocycles. The predicted molar refractivity (Wildman–Crippen MR) is 139 cm³/mol. The molecule has 4 aliphatic rings. The lowest BCUT2D eigenvalue weighted by molar-refractivity contribution is -0.123. The zero-order valence-corrected chi connectivity index (χ0v) is 22.0. The van der Waals surface area contributed by atoms with E-state index in [4.69, 9.17) is 0 Å². The number of phenols is 1. The second-order valence-electron chi connectivity index (χ2n) is 9.44. The summed E-state index contributed by atoms with van der Waals surface area (Å²) >= 11 is 6.60. The van der Waals surface area contributed by atoms with Crippen molar-refractivity contribution in [2.75, 3.05) is 4.90 Å². The molecule has 1 N–H and O–H groups in total. The van der Waals surface area contributed by atoms with Crippen molar-refractivity contribution in [2.45, 2.75) is 18.8 Å². The summed E-state index contributed by atoms with van der Waals surface area (Å²) in [7, 11) is 0. The molecule has 6 rings (SSSR count). The van der Waals surface area contributed by atoms with Gasteiger partial charge >= 0.3 is 0 Å². The smallest absolute Gasteiger partial charge is 0.238 e. The largest absolute Gasteiger partial charge is 0.508 e. The van der Waals surface area contributed by atoms with Crippen LogP contribution in [0.4, 0.5) is 5.69 Å². The molecule has 0 bridgehead atoms. The molecule has 0 radical (unpaired) electrons. The van der Waals surface area contributed by atoms with Gasteiger partial charge in [-0.15, -0.1) is 0 Å². The first-order valence-electron chi connectivity index (χ1n) is 11.6. The SMILES string of the molecule is O=C1C=C(Br)C(=O)C2=C1C(c1ccccc1O)C1=CCC3C(=O)N(c4ccc(Br)cc4)C(=O)C3C1C2. The van der Waals surface area contributed by atoms with Crippen molar-refractivity contribution in [1.29, 1.82) is 0 Å². The van der Waals surface area contributed by atoms with Crippen molar-refractivity contribution >= 4 is 60.9 Å². The summed E-state index contributed by atoms with van der Waals surface area (Å²) < 4.78 is 1.01. The van der Waals surface area contributed by atoms with Gasteiger partial charge in [-0.1, -0.05) is 45.8 Å². The van der Waals surface area contributed by atoms with E-state index in [1.54, 1.807) is 48.5 Å². The molecule has 8 heteroatoms. The molecule has 2 aromatic carbocycles. The van der Waals surface area contributed by atoms with Crippen LogP contribution in [0.3, 0.4) is 0 Å². The van der Waals surface area contributed by atoms with Gasteiger partial charge in [0.25, 0.3) is 0 Å². The Balaban J connectivity index is 1.49. The number of carbonyl (C=O) groups is 4. The van der Waals surface area contributed by atoms with E-state index in [9.17, 15) is 24.3 Å². The van der Waals surface area contributed by atoms with Crippen LogP contribution < -0.4 is 4.90 Å². The third-order valence-electron chi connectivity index (χ3n) is 7.66. The van der Waals surface area contributed by atoms with Gasteiger partial charge < -0.3 is 5.11 Å². The van der Waals surface area contributed by atoms with Crippen molar-refractivity contribution in [3.63, 3.8) is 0 Å². The summed E-state index contributed by atoms with van der Waals surface area (Å²) in [6.07, 6.45) is 3.75. The molecule has 1 fully saturated rings. The van der Waals surface area contributed by atoms with Crippen LogP contribution in [0.1, 0.15) is 24.3 Å². The first-order chi connectivity index (χ1) is 17.3. The molecule has 1 aliphatic heterocycles. The van der Waals surface area contributed by atoms with E-state index >= 15 is 0 Å². The number of aromatic hydroxyl groups is 1. The number of allylic oxidation sites excluding steroid dienone is 6. The highest BCUT2D eigenvalue weighted by Gasteiger charge is 2.56. The summed E-state index contributed by atoms with van der Waals surface area (Å²) in [5.74, 6) is -3.45. The van der Waals surface area contributed by atoms with Gasteiger partial charge in [0.15, 0.2) is 11.6 Å². The topological polar surface area (TPSA) is 91.8 Å². The maximum absolute atomic E-state index is 13.8. The first kappa shape index (κ1) is 23.3. The van der Waals surface area contributed by atoms with Crippen molar-refractivity contribution in [3.05, 3.63) is 91.9 Å². The van der Waals surface area contributed by atoms with Gasteiger partial charge in [0.05, 0.1) is 22.0 Å². The predicted octanol–water partition coefficient (Wildman–Crippen LogP) is 5.12. The lowest BCUT2D eigenvalue weighted by atomic mass is 9.59. The minimum atomic E-state index is -0.668. The molecule has 0 spiro atoms. The highest BCUT2D eigenvalue weighted by Crippen LogP contribution is 2.56. The number of imide groups is 1. The molecule has 2 amide bonds. The van der Waals surface area contributed by atoms with Crippen molar-refractivity contribution in [3.8, 4) is 5.75 Å². The molecule has 4 atom stereocenters. The molecule has 3 aliphatic carbocycles. The number of carbonyl (C=O) groups excluding carboxylic acids is 4. The van der Waals surface area contributed by atoms with Crippen molar-refractivity contribution in [1.82, 2.24) is 0 Å². The number of nitrogens with zero attached hydrogens (tertiary/aromatic N) is 1. The Morgan fingerprint density at radius 3 is 2.33 bits per heavy atom. The summed E-state index contributed by atoms with van der Waals surface area (Å²) in [5, 5.41) is 10.7. The van der Waals surface area contributed by atoms with Crippen molar-refractivity contribution in [2.24, 2.45) is 17.8 Å². The molecule has 2 aromatic rings. The van der Waals surface area contributed by atoms with Crippen LogP contribution in [-0.4, -0.2) is 28.5 Å². The zero-order chi connectivity index (χ0) is 25.3. The Morgan fingerprint density at radius 1 is 0.889 bits per heavy atom. The number of halogens is 2. The van der Waals surface area contributed by atoms with E-state index in [0.29, 0.717) is 28.8 Å². The number of hydrogen-bond acceptors (Lipinski definition) is 5. The van der Waals surface area contributed by atoms with Gasteiger partial charge in [0.1, 0.15) is 5.75 Å². The standard InChI is InChI=1S/C28H19Br2NO5/c29-13-5-7-14(8-6-13)31-27(35)17-10-9-15-18(24(17)28(31)36)11-19-25(22(33)12-20(30)26(19)34)23(15)16-3-1-2-4-21(16)32/h1-9,12,17-18,23-24,32H,10-11H2. The van der Waals surface area contributed by atoms with Crippen molar-refractivity contribution < 1.29 is 24.3 Å². The molecular weight excluding hydrogens is 590 g/mol. The average Bonchev–Trinajstić information content (AvgIpc) is 3.12. The number of fused-ring (bicyclic) bond motifs is 3. The van der Waals surface area contributed by atoms with Gasteiger partial charge in [-0.25, -0.2) is 0 Å². The molecule has 180 valence electrons. The summed E-state index contributed by atoms with van der Waals surface area (Å²) in [4.78, 5) is 54.9. The number of rotatable bonds is 2. The summed E-state index contributed by atoms with van der Waals surface area (Å²) in [5.41, 5.74) is 2.50. The molecule has 6 nitrogen and oxygen atoms in total. The van der Waals surface area contributed by atoms with E-state index in [2.05, 4.69) is 31.9 Å². The number of phenolic OH excluding ortho intramolecular Hbond substituents is 1. The zero-order valence-electron chi connectivity index (χ0n) is 18.8. The van der Waals surface area contributed by atoms with E-state index in [1.165, 1.54) is 11.0 Å². The van der Waals surface area contributed by atoms with Gasteiger partial charge in [-0.3, -0.25) is 24.1 Å². The van der Waals surface area contributed by atoms with Crippen LogP contribution >= 0.6 is 31.9 Å². The second kappa shape index (κ2) is 8.49. The monoisotopic (exact) mass is 607 g/mol. The molecule has 4 unspecified atom stereocenters. The Bertz CT molecular complexity index is 1470. The molecule has 1 heterocycles. The first-order valence-corrected chi connectivity index (χ1v) is 13.2. The van der Waals surface area contributed by atoms with Crippen LogP contribution in [0, 0.1) is 17.8 Å². The highest BCUT2D eigenvalue weighted by atomic mass is 79.9. The number of amides is 2. The Kier molecular flexibility index (Phi) is 5.50. The minimum Gasteiger partial charge on any atom is -0.508 e. The Hall–Kier alpha value is -3.10. The summed E-state index contributed by atoms with van der Waals surface area (Å²) in [6.45, 7) is 0. The van der Waals surface area contributed by atoms with Gasteiger partial charge in [-0.05, 0) is 65.0 Å². The van der Waals surface area contributed by atoms with E-state index in [0.717, 1.165) is 10.0 Å². The summed E-state index contributed by atoms with van der Waals surface area (Å²) in [6, 6.07) is 13.8.